The van der Waals surface area contributed by atoms with Crippen molar-refractivity contribution < 1.29 is 13.5 Å². The van der Waals surface area contributed by atoms with E-state index < -0.39 is 12.2 Å². The molecule has 0 aliphatic carbocycles. The minimum absolute atomic E-state index is 0.323. The first-order valence-electron chi connectivity index (χ1n) is 8.88. The Hall–Kier alpha value is -2.20. The summed E-state index contributed by atoms with van der Waals surface area (Å²) >= 11 is 7.43. The summed E-state index contributed by atoms with van der Waals surface area (Å²) in [5.74, 6) is -0.804. The summed E-state index contributed by atoms with van der Waals surface area (Å²) in [6.45, 7) is 1.40. The fraction of sp³-hybridized carbons (Fsp3) is 0.263. The number of nitrogens with zero attached hydrogens (tertiary/aromatic N) is 1. The summed E-state index contributed by atoms with van der Waals surface area (Å²) in [6, 6.07) is 7.22. The number of rotatable bonds is 9. The first kappa shape index (κ1) is 21.5. The zero-order valence-corrected chi connectivity index (χ0v) is 17.5. The maximum absolute atomic E-state index is 14.6. The van der Waals surface area contributed by atoms with Crippen molar-refractivity contribution in [3.63, 3.8) is 0 Å². The van der Waals surface area contributed by atoms with Crippen molar-refractivity contribution >= 4 is 40.6 Å². The van der Waals surface area contributed by atoms with Crippen LogP contribution in [-0.2, 0) is 4.74 Å². The average molecular weight is 442 g/mol. The van der Waals surface area contributed by atoms with Crippen LogP contribution in [0.1, 0.15) is 0 Å². The molecule has 0 fully saturated rings. The molecule has 1 aliphatic rings. The van der Waals surface area contributed by atoms with E-state index >= 15 is 0 Å². The molecule has 0 aromatic heterocycles. The Bertz CT molecular complexity index is 878. The molecule has 29 heavy (non-hydrogen) atoms. The Kier molecular flexibility index (Phi) is 7.43. The number of nitrogens with one attached hydrogen (secondary N) is 4. The van der Waals surface area contributed by atoms with Gasteiger partial charge in [-0.3, -0.25) is 0 Å². The van der Waals surface area contributed by atoms with Crippen molar-refractivity contribution in [2.75, 3.05) is 37.4 Å². The fourth-order valence-electron chi connectivity index (χ4n) is 2.64. The van der Waals surface area contributed by atoms with Crippen LogP contribution in [0.15, 0.2) is 47.7 Å². The lowest BCUT2D eigenvalue weighted by molar-refractivity contribution is 0.145. The Morgan fingerprint density at radius 2 is 2.07 bits per heavy atom. The molecule has 3 rings (SSSR count). The summed E-state index contributed by atoms with van der Waals surface area (Å²) in [5.41, 5.74) is 1.66. The van der Waals surface area contributed by atoms with E-state index in [2.05, 4.69) is 20.7 Å². The van der Waals surface area contributed by atoms with Gasteiger partial charge < -0.3 is 25.6 Å². The standard InChI is InChI=1S/C19H22ClF2N5OS/c1-23-5-7-27(2)17-9-12(21)3-4-15(17)25-16-11-14(22)18(10-13(16)20)29-26-19-24-6-8-28-19/h3-4,6,8-11,19,23-26H,5,7H2,1-2H3. The van der Waals surface area contributed by atoms with Gasteiger partial charge in [0, 0.05) is 32.4 Å². The predicted molar refractivity (Wildman–Crippen MR) is 114 cm³/mol. The highest BCUT2D eigenvalue weighted by molar-refractivity contribution is 7.97. The van der Waals surface area contributed by atoms with Gasteiger partial charge in [-0.15, -0.1) is 0 Å². The van der Waals surface area contributed by atoms with E-state index in [1.54, 1.807) is 12.3 Å². The minimum Gasteiger partial charge on any atom is -0.463 e. The molecule has 0 saturated carbocycles. The molecule has 0 radical (unpaired) electrons. The lowest BCUT2D eigenvalue weighted by Crippen LogP contribution is -2.33. The van der Waals surface area contributed by atoms with Gasteiger partial charge in [0.25, 0.3) is 0 Å². The van der Waals surface area contributed by atoms with Gasteiger partial charge in [0.05, 0.1) is 27.0 Å². The number of ether oxygens (including phenoxy) is 1. The maximum atomic E-state index is 14.6. The van der Waals surface area contributed by atoms with Crippen LogP contribution < -0.4 is 25.6 Å². The van der Waals surface area contributed by atoms with E-state index in [4.69, 9.17) is 16.3 Å². The van der Waals surface area contributed by atoms with E-state index in [0.717, 1.165) is 18.5 Å². The molecule has 0 amide bonds. The average Bonchev–Trinajstić information content (AvgIpc) is 3.22. The molecule has 2 aromatic carbocycles. The van der Waals surface area contributed by atoms with Crippen molar-refractivity contribution in [2.24, 2.45) is 0 Å². The molecule has 0 saturated heterocycles. The van der Waals surface area contributed by atoms with Gasteiger partial charge in [-0.1, -0.05) is 11.6 Å². The summed E-state index contributed by atoms with van der Waals surface area (Å²) in [7, 11) is 3.71. The molecular formula is C19H22ClF2N5OS. The third-order valence-corrected chi connectivity index (χ3v) is 5.34. The van der Waals surface area contributed by atoms with E-state index in [9.17, 15) is 8.78 Å². The van der Waals surface area contributed by atoms with Gasteiger partial charge in [0.1, 0.15) is 17.9 Å². The molecule has 1 unspecified atom stereocenters. The number of anilines is 3. The number of likely N-dealkylation sites (N-methyl/N-ethyl adjacent to an activating group) is 2. The van der Waals surface area contributed by atoms with Crippen molar-refractivity contribution in [1.29, 1.82) is 0 Å². The highest BCUT2D eigenvalue weighted by atomic mass is 35.5. The Balaban J connectivity index is 1.76. The normalized spacial score (nSPS) is 15.1. The lowest BCUT2D eigenvalue weighted by Gasteiger charge is -2.23. The number of halogens is 3. The lowest BCUT2D eigenvalue weighted by atomic mass is 10.2. The summed E-state index contributed by atoms with van der Waals surface area (Å²) < 4.78 is 36.5. The zero-order valence-electron chi connectivity index (χ0n) is 15.9. The van der Waals surface area contributed by atoms with Gasteiger partial charge >= 0.3 is 0 Å². The molecule has 4 N–H and O–H groups in total. The first-order valence-corrected chi connectivity index (χ1v) is 10.1. The molecule has 156 valence electrons. The highest BCUT2D eigenvalue weighted by Crippen LogP contribution is 2.35. The Labute approximate surface area is 177 Å². The molecule has 1 heterocycles. The number of hydrogen-bond acceptors (Lipinski definition) is 7. The molecular weight excluding hydrogens is 420 g/mol. The molecule has 1 atom stereocenters. The smallest absolute Gasteiger partial charge is 0.235 e. The summed E-state index contributed by atoms with van der Waals surface area (Å²) in [6.07, 6.45) is 2.70. The third-order valence-electron chi connectivity index (χ3n) is 4.17. The van der Waals surface area contributed by atoms with Crippen LogP contribution in [-0.4, -0.2) is 33.5 Å². The number of benzene rings is 2. The van der Waals surface area contributed by atoms with E-state index in [0.29, 0.717) is 33.5 Å². The maximum Gasteiger partial charge on any atom is 0.235 e. The summed E-state index contributed by atoms with van der Waals surface area (Å²) in [5, 5.41) is 9.40. The van der Waals surface area contributed by atoms with Gasteiger partial charge in [-0.2, -0.15) is 0 Å². The van der Waals surface area contributed by atoms with Crippen molar-refractivity contribution in [3.05, 3.63) is 59.5 Å². The highest BCUT2D eigenvalue weighted by Gasteiger charge is 2.16. The fourth-order valence-corrected chi connectivity index (χ4v) is 3.60. The van der Waals surface area contributed by atoms with Crippen molar-refractivity contribution in [1.82, 2.24) is 15.4 Å². The molecule has 0 spiro atoms. The van der Waals surface area contributed by atoms with Gasteiger partial charge in [0.2, 0.25) is 6.35 Å². The second-order valence-corrected chi connectivity index (χ2v) is 7.57. The van der Waals surface area contributed by atoms with Crippen LogP contribution in [0.25, 0.3) is 0 Å². The second-order valence-electron chi connectivity index (χ2n) is 6.28. The SMILES string of the molecule is CNCCN(C)c1cc(F)ccc1Nc1cc(F)c(SNC2NC=CO2)cc1Cl. The zero-order chi connectivity index (χ0) is 20.8. The Morgan fingerprint density at radius 3 is 2.79 bits per heavy atom. The van der Waals surface area contributed by atoms with Gasteiger partial charge in [-0.05, 0) is 43.3 Å². The van der Waals surface area contributed by atoms with Crippen LogP contribution in [0.3, 0.4) is 0 Å². The van der Waals surface area contributed by atoms with Crippen LogP contribution in [0.5, 0.6) is 0 Å². The second kappa shape index (κ2) is 10.0. The molecule has 1 aliphatic heterocycles. The Morgan fingerprint density at radius 1 is 1.24 bits per heavy atom. The number of hydrogen-bond donors (Lipinski definition) is 4. The van der Waals surface area contributed by atoms with Crippen LogP contribution in [0.4, 0.5) is 25.8 Å². The quantitative estimate of drug-likeness (QED) is 0.439. The topological polar surface area (TPSA) is 60.6 Å². The van der Waals surface area contributed by atoms with Crippen LogP contribution >= 0.6 is 23.5 Å². The molecule has 2 aromatic rings. The van der Waals surface area contributed by atoms with Gasteiger partial charge in [-0.25, -0.2) is 13.5 Å². The minimum atomic E-state index is -0.451. The van der Waals surface area contributed by atoms with E-state index in [1.807, 2.05) is 19.0 Å². The first-order chi connectivity index (χ1) is 14.0. The molecule has 0 bridgehead atoms. The van der Waals surface area contributed by atoms with E-state index in [-0.39, 0.29) is 5.82 Å². The van der Waals surface area contributed by atoms with Gasteiger partial charge in [0.15, 0.2) is 0 Å². The van der Waals surface area contributed by atoms with Crippen molar-refractivity contribution in [3.8, 4) is 0 Å². The third kappa shape index (κ3) is 5.66. The summed E-state index contributed by atoms with van der Waals surface area (Å²) in [4.78, 5) is 2.23. The molecule has 10 heteroatoms. The van der Waals surface area contributed by atoms with Crippen molar-refractivity contribution in [2.45, 2.75) is 11.2 Å². The van der Waals surface area contributed by atoms with Crippen LogP contribution in [0, 0.1) is 11.6 Å². The molecule has 6 nitrogen and oxygen atoms in total. The van der Waals surface area contributed by atoms with Crippen LogP contribution in [0.2, 0.25) is 5.02 Å². The van der Waals surface area contributed by atoms with E-state index in [1.165, 1.54) is 30.5 Å². The predicted octanol–water partition coefficient (Wildman–Crippen LogP) is 3.99. The largest absolute Gasteiger partial charge is 0.463 e. The monoisotopic (exact) mass is 441 g/mol.